The van der Waals surface area contributed by atoms with E-state index in [0.29, 0.717) is 12.1 Å². The number of nitrogens with one attached hydrogen (secondary N) is 1. The third-order valence-electron chi connectivity index (χ3n) is 3.19. The van der Waals surface area contributed by atoms with Crippen LogP contribution in [0.1, 0.15) is 24.9 Å². The fourth-order valence-corrected chi connectivity index (χ4v) is 2.10. The number of nitro groups is 1. The monoisotopic (exact) mass is 290 g/mol. The van der Waals surface area contributed by atoms with E-state index in [2.05, 4.69) is 5.32 Å². The molecule has 0 aliphatic carbocycles. The van der Waals surface area contributed by atoms with Gasteiger partial charge in [0.15, 0.2) is 0 Å². The van der Waals surface area contributed by atoms with E-state index in [-0.39, 0.29) is 23.3 Å². The van der Waals surface area contributed by atoms with Crippen molar-refractivity contribution in [3.05, 3.63) is 64.0 Å². The molecule has 0 amide bonds. The molecule has 2 N–H and O–H groups in total. The molecular weight excluding hydrogens is 275 g/mol. The van der Waals surface area contributed by atoms with Crippen LogP contribution in [0.2, 0.25) is 0 Å². The summed E-state index contributed by atoms with van der Waals surface area (Å²) < 4.78 is 13.0. The summed E-state index contributed by atoms with van der Waals surface area (Å²) in [5.74, 6) is -0.494. The number of halogens is 1. The number of aromatic hydroxyl groups is 1. The van der Waals surface area contributed by atoms with E-state index in [4.69, 9.17) is 0 Å². The molecule has 2 aromatic rings. The number of nitro benzene ring substituents is 1. The minimum Gasteiger partial charge on any atom is -0.508 e. The van der Waals surface area contributed by atoms with Gasteiger partial charge in [0.2, 0.25) is 0 Å². The predicted octanol–water partition coefficient (Wildman–Crippen LogP) is 4.00. The molecule has 0 heterocycles. The number of hydrogen-bond donors (Lipinski definition) is 2. The van der Waals surface area contributed by atoms with Crippen molar-refractivity contribution in [1.82, 2.24) is 0 Å². The van der Waals surface area contributed by atoms with Crippen LogP contribution in [0.3, 0.4) is 0 Å². The van der Waals surface area contributed by atoms with Gasteiger partial charge in [-0.1, -0.05) is 19.1 Å². The second kappa shape index (κ2) is 6.21. The molecule has 21 heavy (non-hydrogen) atoms. The van der Waals surface area contributed by atoms with Gasteiger partial charge in [-0.3, -0.25) is 10.1 Å². The van der Waals surface area contributed by atoms with Crippen LogP contribution in [0.25, 0.3) is 0 Å². The minimum absolute atomic E-state index is 0.165. The van der Waals surface area contributed by atoms with E-state index in [0.717, 1.165) is 11.6 Å². The van der Waals surface area contributed by atoms with Gasteiger partial charge in [0.05, 0.1) is 17.0 Å². The van der Waals surface area contributed by atoms with Crippen molar-refractivity contribution in [2.75, 3.05) is 5.32 Å². The first-order valence-electron chi connectivity index (χ1n) is 6.50. The highest BCUT2D eigenvalue weighted by Crippen LogP contribution is 2.32. The lowest BCUT2D eigenvalue weighted by molar-refractivity contribution is -0.384. The number of phenolic OH excluding ortho intramolecular Hbond substituents is 1. The fourth-order valence-electron chi connectivity index (χ4n) is 2.10. The van der Waals surface area contributed by atoms with Gasteiger partial charge >= 0.3 is 0 Å². The van der Waals surface area contributed by atoms with Crippen LogP contribution in [0.4, 0.5) is 15.8 Å². The summed E-state index contributed by atoms with van der Waals surface area (Å²) in [5, 5.41) is 23.4. The first-order chi connectivity index (χ1) is 10.0. The van der Waals surface area contributed by atoms with Crippen LogP contribution >= 0.6 is 0 Å². The third-order valence-corrected chi connectivity index (χ3v) is 3.19. The Labute approximate surface area is 121 Å². The molecule has 0 aromatic heterocycles. The van der Waals surface area contributed by atoms with Gasteiger partial charge in [-0.2, -0.15) is 0 Å². The number of rotatable bonds is 5. The van der Waals surface area contributed by atoms with Crippen LogP contribution < -0.4 is 5.32 Å². The van der Waals surface area contributed by atoms with E-state index >= 15 is 0 Å². The molecule has 6 heteroatoms. The molecule has 0 saturated heterocycles. The molecule has 0 spiro atoms. The van der Waals surface area contributed by atoms with Crippen LogP contribution in [0, 0.1) is 15.9 Å². The standard InChI is InChI=1S/C15H15FN2O3/c1-2-13(10-3-5-11(16)6-4-10)17-14-8-7-12(19)9-15(14)18(20)21/h3-9,13,17,19H,2H2,1H3. The molecule has 0 aliphatic rings. The summed E-state index contributed by atoms with van der Waals surface area (Å²) in [6.45, 7) is 1.92. The number of phenols is 1. The van der Waals surface area contributed by atoms with Crippen molar-refractivity contribution in [3.8, 4) is 5.75 Å². The zero-order chi connectivity index (χ0) is 15.4. The molecule has 110 valence electrons. The third kappa shape index (κ3) is 3.47. The maximum atomic E-state index is 13.0. The van der Waals surface area contributed by atoms with Crippen molar-refractivity contribution in [2.45, 2.75) is 19.4 Å². The van der Waals surface area contributed by atoms with Crippen molar-refractivity contribution in [1.29, 1.82) is 0 Å². The molecule has 0 radical (unpaired) electrons. The Morgan fingerprint density at radius 2 is 1.95 bits per heavy atom. The topological polar surface area (TPSA) is 75.4 Å². The van der Waals surface area contributed by atoms with Gasteiger partial charge in [-0.25, -0.2) is 4.39 Å². The summed E-state index contributed by atoms with van der Waals surface area (Å²) in [5.41, 5.74) is 0.950. The summed E-state index contributed by atoms with van der Waals surface area (Å²) in [6.07, 6.45) is 0.670. The molecule has 1 atom stereocenters. The Hall–Kier alpha value is -2.63. The molecule has 2 rings (SSSR count). The Bertz CT molecular complexity index is 644. The summed E-state index contributed by atoms with van der Waals surface area (Å²) in [6, 6.07) is 9.74. The molecule has 0 fully saturated rings. The lowest BCUT2D eigenvalue weighted by atomic mass is 10.0. The predicted molar refractivity (Wildman–Crippen MR) is 77.8 cm³/mol. The Morgan fingerprint density at radius 1 is 1.29 bits per heavy atom. The van der Waals surface area contributed by atoms with Crippen molar-refractivity contribution < 1.29 is 14.4 Å². The maximum absolute atomic E-state index is 13.0. The highest BCUT2D eigenvalue weighted by atomic mass is 19.1. The van der Waals surface area contributed by atoms with Crippen LogP contribution in [-0.2, 0) is 0 Å². The first kappa shape index (κ1) is 14.8. The summed E-state index contributed by atoms with van der Waals surface area (Å²) >= 11 is 0. The van der Waals surface area contributed by atoms with Crippen molar-refractivity contribution in [3.63, 3.8) is 0 Å². The second-order valence-corrected chi connectivity index (χ2v) is 4.62. The Balaban J connectivity index is 2.30. The lowest BCUT2D eigenvalue weighted by Gasteiger charge is -2.18. The van der Waals surface area contributed by atoms with E-state index in [9.17, 15) is 19.6 Å². The van der Waals surface area contributed by atoms with Crippen LogP contribution in [0.5, 0.6) is 5.75 Å². The molecule has 5 nitrogen and oxygen atoms in total. The average molecular weight is 290 g/mol. The average Bonchev–Trinajstić information content (AvgIpc) is 2.47. The van der Waals surface area contributed by atoms with Gasteiger partial charge in [-0.15, -0.1) is 0 Å². The quantitative estimate of drug-likeness (QED) is 0.495. The maximum Gasteiger partial charge on any atom is 0.296 e. The van der Waals surface area contributed by atoms with Crippen LogP contribution in [-0.4, -0.2) is 10.0 Å². The summed E-state index contributed by atoms with van der Waals surface area (Å²) in [7, 11) is 0. The van der Waals surface area contributed by atoms with Crippen LogP contribution in [0.15, 0.2) is 42.5 Å². The van der Waals surface area contributed by atoms with E-state index in [1.807, 2.05) is 6.92 Å². The van der Waals surface area contributed by atoms with Crippen molar-refractivity contribution >= 4 is 11.4 Å². The van der Waals surface area contributed by atoms with E-state index < -0.39 is 4.92 Å². The summed E-state index contributed by atoms with van der Waals surface area (Å²) in [4.78, 5) is 10.5. The second-order valence-electron chi connectivity index (χ2n) is 4.62. The number of benzene rings is 2. The zero-order valence-corrected chi connectivity index (χ0v) is 11.4. The van der Waals surface area contributed by atoms with Crippen molar-refractivity contribution in [2.24, 2.45) is 0 Å². The molecule has 0 aliphatic heterocycles. The molecule has 2 aromatic carbocycles. The SMILES string of the molecule is CCC(Nc1ccc(O)cc1[N+](=O)[O-])c1ccc(F)cc1. The normalized spacial score (nSPS) is 11.9. The number of nitrogens with zero attached hydrogens (tertiary/aromatic N) is 1. The first-order valence-corrected chi connectivity index (χ1v) is 6.50. The number of hydrogen-bond acceptors (Lipinski definition) is 4. The van der Waals surface area contributed by atoms with E-state index in [1.165, 1.54) is 24.3 Å². The molecule has 0 saturated carbocycles. The van der Waals surface area contributed by atoms with E-state index in [1.54, 1.807) is 12.1 Å². The van der Waals surface area contributed by atoms with Gasteiger partial charge in [0.1, 0.15) is 17.3 Å². The van der Waals surface area contributed by atoms with Gasteiger partial charge in [0.25, 0.3) is 5.69 Å². The zero-order valence-electron chi connectivity index (χ0n) is 11.4. The molecule has 0 bridgehead atoms. The lowest BCUT2D eigenvalue weighted by Crippen LogP contribution is -2.11. The highest BCUT2D eigenvalue weighted by Gasteiger charge is 2.18. The van der Waals surface area contributed by atoms with Gasteiger partial charge < -0.3 is 10.4 Å². The minimum atomic E-state index is -0.556. The molecular formula is C15H15FN2O3. The Morgan fingerprint density at radius 3 is 2.52 bits per heavy atom. The fraction of sp³-hybridized carbons (Fsp3) is 0.200. The van der Waals surface area contributed by atoms with Gasteiger partial charge in [-0.05, 0) is 36.2 Å². The largest absolute Gasteiger partial charge is 0.508 e. The number of anilines is 1. The smallest absolute Gasteiger partial charge is 0.296 e. The van der Waals surface area contributed by atoms with Gasteiger partial charge in [0, 0.05) is 0 Å². The molecule has 1 unspecified atom stereocenters. The Kier molecular flexibility index (Phi) is 4.37. The highest BCUT2D eigenvalue weighted by molar-refractivity contribution is 5.64.